The van der Waals surface area contributed by atoms with E-state index in [9.17, 15) is 4.79 Å². The molecule has 0 fully saturated rings. The Morgan fingerprint density at radius 3 is 2.22 bits per heavy atom. The van der Waals surface area contributed by atoms with E-state index >= 15 is 0 Å². The Labute approximate surface area is 187 Å². The van der Waals surface area contributed by atoms with Crippen LogP contribution in [0.3, 0.4) is 0 Å². The van der Waals surface area contributed by atoms with Gasteiger partial charge in [-0.15, -0.1) is 0 Å². The standard InChI is InChI=1S/C27H27NO4/c1-18-6-5-7-20(12-18)17-28(2)16-19-8-10-21(11-9-19)23-13-22-14-25(30-3)26(31-4)15-24(22)32-27(23)29/h5-15H,16-17H2,1-4H3. The number of aryl methyl sites for hydroxylation is 1. The summed E-state index contributed by atoms with van der Waals surface area (Å²) in [4.78, 5) is 14.9. The third-order valence-corrected chi connectivity index (χ3v) is 5.49. The molecular weight excluding hydrogens is 402 g/mol. The van der Waals surface area contributed by atoms with Gasteiger partial charge in [0.15, 0.2) is 11.5 Å². The van der Waals surface area contributed by atoms with Crippen LogP contribution in [0.5, 0.6) is 11.5 Å². The monoisotopic (exact) mass is 429 g/mol. The first-order valence-corrected chi connectivity index (χ1v) is 10.5. The van der Waals surface area contributed by atoms with E-state index in [2.05, 4.69) is 55.3 Å². The molecule has 0 unspecified atom stereocenters. The first-order chi connectivity index (χ1) is 15.5. The Kier molecular flexibility index (Phi) is 6.28. The topological polar surface area (TPSA) is 51.9 Å². The van der Waals surface area contributed by atoms with Gasteiger partial charge in [0.2, 0.25) is 0 Å². The normalized spacial score (nSPS) is 11.2. The summed E-state index contributed by atoms with van der Waals surface area (Å²) >= 11 is 0. The molecule has 0 saturated carbocycles. The number of hydrogen-bond acceptors (Lipinski definition) is 5. The minimum Gasteiger partial charge on any atom is -0.493 e. The number of benzene rings is 3. The number of rotatable bonds is 7. The van der Waals surface area contributed by atoms with Gasteiger partial charge < -0.3 is 13.9 Å². The van der Waals surface area contributed by atoms with Crippen LogP contribution in [0.15, 0.2) is 75.9 Å². The highest BCUT2D eigenvalue weighted by atomic mass is 16.5. The zero-order valence-corrected chi connectivity index (χ0v) is 18.8. The summed E-state index contributed by atoms with van der Waals surface area (Å²) in [7, 11) is 5.24. The number of methoxy groups -OCH3 is 2. The molecule has 0 aliphatic rings. The maximum atomic E-state index is 12.6. The van der Waals surface area contributed by atoms with E-state index in [1.54, 1.807) is 20.3 Å². The maximum absolute atomic E-state index is 12.6. The molecule has 0 spiro atoms. The zero-order chi connectivity index (χ0) is 22.7. The zero-order valence-electron chi connectivity index (χ0n) is 18.8. The fourth-order valence-corrected chi connectivity index (χ4v) is 3.93. The third kappa shape index (κ3) is 4.68. The molecule has 0 atom stereocenters. The lowest BCUT2D eigenvalue weighted by molar-refractivity contribution is 0.319. The van der Waals surface area contributed by atoms with Gasteiger partial charge in [0, 0.05) is 24.5 Å². The fraction of sp³-hybridized carbons (Fsp3) is 0.222. The van der Waals surface area contributed by atoms with Crippen molar-refractivity contribution >= 4 is 11.0 Å². The quantitative estimate of drug-likeness (QED) is 0.367. The van der Waals surface area contributed by atoms with Crippen molar-refractivity contribution in [3.8, 4) is 22.6 Å². The van der Waals surface area contributed by atoms with E-state index in [4.69, 9.17) is 13.9 Å². The molecule has 4 aromatic rings. The summed E-state index contributed by atoms with van der Waals surface area (Å²) in [6, 6.07) is 21.9. The van der Waals surface area contributed by atoms with Crippen LogP contribution in [0.4, 0.5) is 0 Å². The lowest BCUT2D eigenvalue weighted by Crippen LogP contribution is -2.17. The lowest BCUT2D eigenvalue weighted by atomic mass is 10.0. The molecule has 5 heteroatoms. The second-order valence-electron chi connectivity index (χ2n) is 8.05. The third-order valence-electron chi connectivity index (χ3n) is 5.49. The van der Waals surface area contributed by atoms with Crippen LogP contribution in [-0.4, -0.2) is 26.2 Å². The molecule has 0 N–H and O–H groups in total. The highest BCUT2D eigenvalue weighted by Crippen LogP contribution is 2.33. The predicted octanol–water partition coefficient (Wildman–Crippen LogP) is 5.42. The van der Waals surface area contributed by atoms with Gasteiger partial charge in [0.25, 0.3) is 0 Å². The second kappa shape index (κ2) is 9.28. The highest BCUT2D eigenvalue weighted by molar-refractivity contribution is 5.84. The van der Waals surface area contributed by atoms with Gasteiger partial charge in [-0.2, -0.15) is 0 Å². The van der Waals surface area contributed by atoms with Crippen molar-refractivity contribution in [3.63, 3.8) is 0 Å². The van der Waals surface area contributed by atoms with Gasteiger partial charge in [-0.25, -0.2) is 4.79 Å². The maximum Gasteiger partial charge on any atom is 0.344 e. The van der Waals surface area contributed by atoms with Crippen LogP contribution in [0.1, 0.15) is 16.7 Å². The van der Waals surface area contributed by atoms with Crippen molar-refractivity contribution in [2.75, 3.05) is 21.3 Å². The van der Waals surface area contributed by atoms with Gasteiger partial charge in [0.1, 0.15) is 5.58 Å². The Balaban J connectivity index is 1.55. The minimum absolute atomic E-state index is 0.381. The molecule has 3 aromatic carbocycles. The van der Waals surface area contributed by atoms with E-state index in [1.807, 2.05) is 24.3 Å². The highest BCUT2D eigenvalue weighted by Gasteiger charge is 2.12. The Hall–Kier alpha value is -3.57. The summed E-state index contributed by atoms with van der Waals surface area (Å²) in [6.45, 7) is 3.80. The first kappa shape index (κ1) is 21.7. The Morgan fingerprint density at radius 2 is 1.53 bits per heavy atom. The number of fused-ring (bicyclic) bond motifs is 1. The molecule has 1 aromatic heterocycles. The Bertz CT molecular complexity index is 1290. The van der Waals surface area contributed by atoms with Gasteiger partial charge in [-0.1, -0.05) is 54.1 Å². The van der Waals surface area contributed by atoms with E-state index in [-0.39, 0.29) is 5.63 Å². The van der Waals surface area contributed by atoms with Crippen LogP contribution in [0, 0.1) is 6.92 Å². The molecule has 0 aliphatic carbocycles. The number of ether oxygens (including phenoxy) is 2. The molecule has 0 bridgehead atoms. The van der Waals surface area contributed by atoms with E-state index in [0.29, 0.717) is 22.6 Å². The molecule has 5 nitrogen and oxygen atoms in total. The molecule has 1 heterocycles. The van der Waals surface area contributed by atoms with Crippen molar-refractivity contribution < 1.29 is 13.9 Å². The smallest absolute Gasteiger partial charge is 0.344 e. The average Bonchev–Trinajstić information content (AvgIpc) is 2.78. The molecule has 0 amide bonds. The Morgan fingerprint density at radius 1 is 0.844 bits per heavy atom. The minimum atomic E-state index is -0.381. The summed E-state index contributed by atoms with van der Waals surface area (Å²) in [5.74, 6) is 1.11. The van der Waals surface area contributed by atoms with Crippen LogP contribution in [0.25, 0.3) is 22.1 Å². The van der Waals surface area contributed by atoms with Gasteiger partial charge in [-0.05, 0) is 42.8 Å². The summed E-state index contributed by atoms with van der Waals surface area (Å²) in [5, 5.41) is 0.777. The lowest BCUT2D eigenvalue weighted by Gasteiger charge is -2.17. The van der Waals surface area contributed by atoms with Crippen molar-refractivity contribution in [1.82, 2.24) is 4.90 Å². The van der Waals surface area contributed by atoms with Crippen LogP contribution >= 0.6 is 0 Å². The average molecular weight is 430 g/mol. The van der Waals surface area contributed by atoms with E-state index < -0.39 is 0 Å². The summed E-state index contributed by atoms with van der Waals surface area (Å²) in [6.07, 6.45) is 0. The molecule has 32 heavy (non-hydrogen) atoms. The van der Waals surface area contributed by atoms with Crippen molar-refractivity contribution in [2.45, 2.75) is 20.0 Å². The van der Waals surface area contributed by atoms with Crippen molar-refractivity contribution in [1.29, 1.82) is 0 Å². The van der Waals surface area contributed by atoms with Gasteiger partial charge in [0.05, 0.1) is 19.8 Å². The number of hydrogen-bond donors (Lipinski definition) is 0. The van der Waals surface area contributed by atoms with E-state index in [0.717, 1.165) is 24.0 Å². The predicted molar refractivity (Wildman–Crippen MR) is 127 cm³/mol. The summed E-state index contributed by atoms with van der Waals surface area (Å²) < 4.78 is 16.2. The SMILES string of the molecule is COc1cc2cc(-c3ccc(CN(C)Cc4cccc(C)c4)cc3)c(=O)oc2cc1OC. The van der Waals surface area contributed by atoms with Gasteiger partial charge >= 0.3 is 5.63 Å². The van der Waals surface area contributed by atoms with Crippen LogP contribution in [0.2, 0.25) is 0 Å². The first-order valence-electron chi connectivity index (χ1n) is 10.5. The molecular formula is C27H27NO4. The largest absolute Gasteiger partial charge is 0.493 e. The van der Waals surface area contributed by atoms with Crippen LogP contribution in [-0.2, 0) is 13.1 Å². The number of nitrogens with zero attached hydrogens (tertiary/aromatic N) is 1. The fourth-order valence-electron chi connectivity index (χ4n) is 3.93. The molecule has 0 aliphatic heterocycles. The van der Waals surface area contributed by atoms with Crippen LogP contribution < -0.4 is 15.1 Å². The molecule has 164 valence electrons. The second-order valence-corrected chi connectivity index (χ2v) is 8.05. The van der Waals surface area contributed by atoms with Crippen molar-refractivity contribution in [2.24, 2.45) is 0 Å². The molecule has 0 radical (unpaired) electrons. The molecule has 4 rings (SSSR count). The summed E-state index contributed by atoms with van der Waals surface area (Å²) in [5.41, 5.74) is 5.17. The van der Waals surface area contributed by atoms with Crippen molar-refractivity contribution in [3.05, 3.63) is 93.8 Å². The van der Waals surface area contributed by atoms with E-state index in [1.165, 1.54) is 16.7 Å². The van der Waals surface area contributed by atoms with Gasteiger partial charge in [-0.3, -0.25) is 4.90 Å². The molecule has 0 saturated heterocycles.